The summed E-state index contributed by atoms with van der Waals surface area (Å²) in [6, 6.07) is 14.7. The molecule has 0 radical (unpaired) electrons. The summed E-state index contributed by atoms with van der Waals surface area (Å²) in [5.74, 6) is 0.0242. The Morgan fingerprint density at radius 2 is 2.12 bits per heavy atom. The van der Waals surface area contributed by atoms with Gasteiger partial charge in [0, 0.05) is 58.9 Å². The third kappa shape index (κ3) is 5.49. The van der Waals surface area contributed by atoms with Gasteiger partial charge in [-0.15, -0.1) is 11.3 Å². The van der Waals surface area contributed by atoms with Crippen molar-refractivity contribution in [1.82, 2.24) is 29.5 Å². The highest BCUT2D eigenvalue weighted by molar-refractivity contribution is 7.19. The van der Waals surface area contributed by atoms with Crippen LogP contribution in [0.4, 0.5) is 11.4 Å². The van der Waals surface area contributed by atoms with Gasteiger partial charge in [-0.1, -0.05) is 12.1 Å². The van der Waals surface area contributed by atoms with E-state index >= 15 is 0 Å². The highest BCUT2D eigenvalue weighted by Crippen LogP contribution is 2.41. The maximum Gasteiger partial charge on any atom is 0.246 e. The first kappa shape index (κ1) is 27.6. The number of rotatable bonds is 8. The van der Waals surface area contributed by atoms with Crippen molar-refractivity contribution in [2.45, 2.75) is 39.4 Å². The zero-order valence-corrected chi connectivity index (χ0v) is 24.7. The molecule has 0 saturated heterocycles. The first-order valence-corrected chi connectivity index (χ1v) is 14.8. The Morgan fingerprint density at radius 3 is 2.90 bits per heavy atom. The molecule has 0 spiro atoms. The lowest BCUT2D eigenvalue weighted by molar-refractivity contribution is -0.126. The van der Waals surface area contributed by atoms with E-state index in [1.807, 2.05) is 65.3 Å². The monoisotopic (exact) mass is 576 g/mol. The molecule has 212 valence electrons. The van der Waals surface area contributed by atoms with Crippen LogP contribution in [0, 0.1) is 11.3 Å². The van der Waals surface area contributed by atoms with Crippen molar-refractivity contribution >= 4 is 49.7 Å². The second-order valence-electron chi connectivity index (χ2n) is 10.8. The number of likely N-dealkylation sites (N-methyl/N-ethyl adjacent to an activating group) is 1. The van der Waals surface area contributed by atoms with Crippen molar-refractivity contribution in [1.29, 1.82) is 5.26 Å². The van der Waals surface area contributed by atoms with Crippen LogP contribution in [0.1, 0.15) is 35.5 Å². The van der Waals surface area contributed by atoms with Crippen LogP contribution >= 0.6 is 11.3 Å². The molecule has 4 aromatic heterocycles. The van der Waals surface area contributed by atoms with Crippen molar-refractivity contribution in [3.63, 3.8) is 0 Å². The number of pyridine rings is 2. The molecular formula is C32H32N8OS. The van der Waals surface area contributed by atoms with Gasteiger partial charge in [0.05, 0.1) is 41.7 Å². The van der Waals surface area contributed by atoms with E-state index in [0.717, 1.165) is 49.6 Å². The highest BCUT2D eigenvalue weighted by atomic mass is 32.1. The minimum Gasteiger partial charge on any atom is -0.354 e. The number of nitriles is 1. The van der Waals surface area contributed by atoms with Crippen LogP contribution in [0.5, 0.6) is 0 Å². The Labute approximate surface area is 248 Å². The van der Waals surface area contributed by atoms with Crippen LogP contribution < -0.4 is 5.32 Å². The Balaban J connectivity index is 1.25. The molecule has 0 fully saturated rings. The van der Waals surface area contributed by atoms with Gasteiger partial charge in [0.15, 0.2) is 0 Å². The molecule has 1 amide bonds. The number of benzene rings is 1. The Kier molecular flexibility index (Phi) is 7.69. The number of fused-ring (bicyclic) bond motifs is 4. The van der Waals surface area contributed by atoms with Gasteiger partial charge in [0.2, 0.25) is 5.91 Å². The number of amides is 1. The summed E-state index contributed by atoms with van der Waals surface area (Å²) in [7, 11) is 2.05. The van der Waals surface area contributed by atoms with Crippen molar-refractivity contribution in [2.75, 3.05) is 25.5 Å². The van der Waals surface area contributed by atoms with Crippen LogP contribution in [0.3, 0.4) is 0 Å². The summed E-state index contributed by atoms with van der Waals surface area (Å²) in [5.41, 5.74) is 5.24. The van der Waals surface area contributed by atoms with Gasteiger partial charge in [-0.05, 0) is 63.2 Å². The first-order chi connectivity index (χ1) is 20.4. The molecule has 42 heavy (non-hydrogen) atoms. The summed E-state index contributed by atoms with van der Waals surface area (Å²) in [5, 5.41) is 20.1. The number of anilines is 2. The largest absolute Gasteiger partial charge is 0.354 e. The summed E-state index contributed by atoms with van der Waals surface area (Å²) in [4.78, 5) is 28.0. The number of nitrogens with zero attached hydrogens (tertiary/aromatic N) is 7. The van der Waals surface area contributed by atoms with Gasteiger partial charge < -0.3 is 15.1 Å². The molecule has 1 aliphatic heterocycles. The third-order valence-electron chi connectivity index (χ3n) is 7.79. The number of aromatic nitrogens is 4. The summed E-state index contributed by atoms with van der Waals surface area (Å²) < 4.78 is 1.94. The molecule has 0 atom stereocenters. The molecule has 0 saturated carbocycles. The second kappa shape index (κ2) is 11.7. The smallest absolute Gasteiger partial charge is 0.246 e. The SMILES string of the molecule is CC(C)N(C)C/C=C/C(=O)N1CCc2c(sc3ncc(C#N)c(Nc4ccc5c(cnn5Cc5ccccn5)c4)c23)C1. The van der Waals surface area contributed by atoms with Crippen molar-refractivity contribution in [2.24, 2.45) is 0 Å². The van der Waals surface area contributed by atoms with Crippen LogP contribution in [0.15, 0.2) is 67.1 Å². The normalized spacial score (nSPS) is 13.4. The number of carbonyl (C=O) groups excluding carboxylic acids is 1. The van der Waals surface area contributed by atoms with Crippen molar-refractivity contribution < 1.29 is 4.79 Å². The van der Waals surface area contributed by atoms with E-state index in [1.165, 1.54) is 5.56 Å². The molecular weight excluding hydrogens is 544 g/mol. The summed E-state index contributed by atoms with van der Waals surface area (Å²) in [6.45, 7) is 6.76. The fraction of sp³-hybridized carbons (Fsp3) is 0.281. The number of carbonyl (C=O) groups is 1. The lowest BCUT2D eigenvalue weighted by Crippen LogP contribution is -2.34. The van der Waals surface area contributed by atoms with Gasteiger partial charge in [-0.25, -0.2) is 4.98 Å². The quantitative estimate of drug-likeness (QED) is 0.244. The number of nitrogens with one attached hydrogen (secondary N) is 1. The molecule has 5 aromatic rings. The van der Waals surface area contributed by atoms with E-state index < -0.39 is 0 Å². The van der Waals surface area contributed by atoms with Crippen LogP contribution in [-0.4, -0.2) is 61.6 Å². The molecule has 5 heterocycles. The maximum atomic E-state index is 12.9. The van der Waals surface area contributed by atoms with Gasteiger partial charge >= 0.3 is 0 Å². The molecule has 1 aliphatic rings. The summed E-state index contributed by atoms with van der Waals surface area (Å²) >= 11 is 1.60. The minimum absolute atomic E-state index is 0.0242. The lowest BCUT2D eigenvalue weighted by Gasteiger charge is -2.26. The Morgan fingerprint density at radius 1 is 1.24 bits per heavy atom. The van der Waals surface area contributed by atoms with Crippen LogP contribution in [-0.2, 0) is 24.3 Å². The van der Waals surface area contributed by atoms with E-state index in [0.29, 0.717) is 37.7 Å². The first-order valence-electron chi connectivity index (χ1n) is 14.0. The zero-order valence-electron chi connectivity index (χ0n) is 23.9. The molecule has 1 aromatic carbocycles. The number of hydrogen-bond donors (Lipinski definition) is 1. The van der Waals surface area contributed by atoms with Crippen LogP contribution in [0.25, 0.3) is 21.1 Å². The summed E-state index contributed by atoms with van der Waals surface area (Å²) in [6.07, 6.45) is 9.60. The van der Waals surface area contributed by atoms with Crippen molar-refractivity contribution in [3.05, 3.63) is 88.8 Å². The van der Waals surface area contributed by atoms with Crippen molar-refractivity contribution in [3.8, 4) is 6.07 Å². The fourth-order valence-corrected chi connectivity index (χ4v) is 6.39. The average molecular weight is 577 g/mol. The lowest BCUT2D eigenvalue weighted by atomic mass is 10.0. The number of thiophene rings is 1. The molecule has 0 bridgehead atoms. The van der Waals surface area contributed by atoms with Gasteiger partial charge in [-0.3, -0.25) is 14.5 Å². The van der Waals surface area contributed by atoms with E-state index in [9.17, 15) is 10.1 Å². The van der Waals surface area contributed by atoms with Gasteiger partial charge in [-0.2, -0.15) is 10.4 Å². The average Bonchev–Trinajstić information content (AvgIpc) is 3.58. The maximum absolute atomic E-state index is 12.9. The zero-order chi connectivity index (χ0) is 29.2. The highest BCUT2D eigenvalue weighted by Gasteiger charge is 2.26. The molecule has 1 N–H and O–H groups in total. The topological polar surface area (TPSA) is 103 Å². The number of hydrogen-bond acceptors (Lipinski definition) is 8. The molecule has 0 aliphatic carbocycles. The Hall–Kier alpha value is -4.59. The van der Waals surface area contributed by atoms with E-state index in [1.54, 1.807) is 29.8 Å². The van der Waals surface area contributed by atoms with E-state index in [2.05, 4.69) is 45.2 Å². The molecule has 9 nitrogen and oxygen atoms in total. The minimum atomic E-state index is 0.0242. The molecule has 10 heteroatoms. The van der Waals surface area contributed by atoms with Crippen LogP contribution in [0.2, 0.25) is 0 Å². The predicted octanol–water partition coefficient (Wildman–Crippen LogP) is 5.49. The van der Waals surface area contributed by atoms with E-state index in [-0.39, 0.29) is 5.91 Å². The molecule has 0 unspecified atom stereocenters. The molecule has 6 rings (SSSR count). The van der Waals surface area contributed by atoms with Gasteiger partial charge in [0.1, 0.15) is 10.9 Å². The third-order valence-corrected chi connectivity index (χ3v) is 8.91. The predicted molar refractivity (Wildman–Crippen MR) is 167 cm³/mol. The fourth-order valence-electron chi connectivity index (χ4n) is 5.18. The van der Waals surface area contributed by atoms with E-state index in [4.69, 9.17) is 0 Å². The standard InChI is InChI=1S/C32H32N8OS/c1-21(2)38(3)13-6-8-29(41)39-14-11-26-28(20-39)42-32-30(26)31(23(16-33)17-35-32)37-24-9-10-27-22(15-24)18-36-40(27)19-25-7-4-5-12-34-25/h4-10,12,15,17-18,21H,11,13-14,19-20H2,1-3H3,(H,35,37)/b8-6+. The second-order valence-corrected chi connectivity index (χ2v) is 11.9. The Bertz CT molecular complexity index is 1830. The van der Waals surface area contributed by atoms with Gasteiger partial charge in [0.25, 0.3) is 0 Å².